The summed E-state index contributed by atoms with van der Waals surface area (Å²) in [5.74, 6) is -0.387. The summed E-state index contributed by atoms with van der Waals surface area (Å²) in [6, 6.07) is 12.2. The number of carbonyl (C=O) groups is 4. The molecular weight excluding hydrogens is 514 g/mol. The molecule has 3 N–H and O–H groups in total. The quantitative estimate of drug-likeness (QED) is 0.395. The molecule has 1 aliphatic carbocycles. The highest BCUT2D eigenvalue weighted by Crippen LogP contribution is 2.41. The van der Waals surface area contributed by atoms with Crippen molar-refractivity contribution in [2.24, 2.45) is 0 Å². The van der Waals surface area contributed by atoms with Gasteiger partial charge in [0.05, 0.1) is 11.2 Å². The number of anilines is 1. The minimum atomic E-state index is -0.676. The summed E-state index contributed by atoms with van der Waals surface area (Å²) in [6.45, 7) is 4.13. The van der Waals surface area contributed by atoms with Crippen LogP contribution in [0.5, 0.6) is 0 Å². The monoisotopic (exact) mass is 543 g/mol. The number of nitrogens with zero attached hydrogens (tertiary/aromatic N) is 2. The average Bonchev–Trinajstić information content (AvgIpc) is 3.54. The molecule has 1 unspecified atom stereocenters. The van der Waals surface area contributed by atoms with Crippen LogP contribution < -0.4 is 16.0 Å². The Morgan fingerprint density at radius 3 is 2.56 bits per heavy atom. The number of benzene rings is 2. The number of thiazole rings is 1. The fourth-order valence-corrected chi connectivity index (χ4v) is 6.09. The number of urea groups is 1. The summed E-state index contributed by atoms with van der Waals surface area (Å²) in [7, 11) is 0. The molecule has 39 heavy (non-hydrogen) atoms. The van der Waals surface area contributed by atoms with Crippen molar-refractivity contribution in [3.05, 3.63) is 70.2 Å². The molecular formula is C29H29N5O4S. The van der Waals surface area contributed by atoms with E-state index < -0.39 is 17.5 Å². The lowest BCUT2D eigenvalue weighted by Crippen LogP contribution is -2.52. The number of imide groups is 1. The number of fused-ring (bicyclic) bond motifs is 1. The molecule has 0 bridgehead atoms. The number of amides is 5. The molecule has 9 nitrogen and oxygen atoms in total. The van der Waals surface area contributed by atoms with Crippen molar-refractivity contribution >= 4 is 40.8 Å². The summed E-state index contributed by atoms with van der Waals surface area (Å²) >= 11 is 1.66. The highest BCUT2D eigenvalue weighted by molar-refractivity contribution is 7.13. The molecule has 3 aromatic rings. The molecule has 5 amide bonds. The first-order valence-electron chi connectivity index (χ1n) is 13.1. The Morgan fingerprint density at radius 1 is 1.08 bits per heavy atom. The van der Waals surface area contributed by atoms with Crippen LogP contribution in [0.4, 0.5) is 10.5 Å². The van der Waals surface area contributed by atoms with E-state index in [2.05, 4.69) is 21.3 Å². The number of nitrogens with one attached hydrogen (secondary N) is 3. The molecule has 3 aliphatic rings. The van der Waals surface area contributed by atoms with E-state index in [9.17, 15) is 19.2 Å². The van der Waals surface area contributed by atoms with Crippen LogP contribution in [0.25, 0.3) is 10.6 Å². The van der Waals surface area contributed by atoms with Gasteiger partial charge in [0.2, 0.25) is 11.8 Å². The first kappa shape index (κ1) is 25.2. The first-order valence-corrected chi connectivity index (χ1v) is 14.0. The van der Waals surface area contributed by atoms with Gasteiger partial charge >= 0.3 is 6.03 Å². The SMILES string of the molecule is CC(C)(NC(=O)Nc1ccc2c(c1)CN(C1CCC(=O)NC1=O)C2=O)c1ccc(-c2nc(C3CC3)cs2)cc1. The zero-order chi connectivity index (χ0) is 27.3. The number of hydrogen-bond donors (Lipinski definition) is 3. The van der Waals surface area contributed by atoms with Crippen molar-refractivity contribution in [1.82, 2.24) is 20.5 Å². The van der Waals surface area contributed by atoms with Crippen LogP contribution >= 0.6 is 11.3 Å². The summed E-state index contributed by atoms with van der Waals surface area (Å²) in [6.07, 6.45) is 2.97. The molecule has 2 fully saturated rings. The Morgan fingerprint density at radius 2 is 1.85 bits per heavy atom. The largest absolute Gasteiger partial charge is 0.329 e. The predicted octanol–water partition coefficient (Wildman–Crippen LogP) is 4.51. The van der Waals surface area contributed by atoms with Gasteiger partial charge in [-0.25, -0.2) is 9.78 Å². The normalized spacial score (nSPS) is 19.1. The molecule has 2 aromatic carbocycles. The van der Waals surface area contributed by atoms with Crippen LogP contribution in [0, 0.1) is 0 Å². The molecule has 2 aliphatic heterocycles. The Balaban J connectivity index is 1.09. The van der Waals surface area contributed by atoms with Gasteiger partial charge in [-0.3, -0.25) is 19.7 Å². The van der Waals surface area contributed by atoms with Crippen molar-refractivity contribution in [2.45, 2.75) is 63.6 Å². The van der Waals surface area contributed by atoms with Crippen molar-refractivity contribution in [3.63, 3.8) is 0 Å². The zero-order valence-corrected chi connectivity index (χ0v) is 22.6. The van der Waals surface area contributed by atoms with E-state index in [4.69, 9.17) is 4.98 Å². The van der Waals surface area contributed by atoms with Crippen molar-refractivity contribution in [1.29, 1.82) is 0 Å². The molecule has 0 radical (unpaired) electrons. The lowest BCUT2D eigenvalue weighted by Gasteiger charge is -2.29. The number of rotatable bonds is 6. The molecule has 1 saturated carbocycles. The fraction of sp³-hybridized carbons (Fsp3) is 0.345. The summed E-state index contributed by atoms with van der Waals surface area (Å²) in [4.78, 5) is 55.9. The highest BCUT2D eigenvalue weighted by atomic mass is 32.1. The molecule has 1 aromatic heterocycles. The minimum Gasteiger partial charge on any atom is -0.329 e. The molecule has 10 heteroatoms. The van der Waals surface area contributed by atoms with Gasteiger partial charge in [-0.2, -0.15) is 0 Å². The molecule has 0 spiro atoms. The van der Waals surface area contributed by atoms with Gasteiger partial charge in [-0.15, -0.1) is 11.3 Å². The predicted molar refractivity (Wildman–Crippen MR) is 147 cm³/mol. The standard InChI is InChI=1S/C29H29N5O4S/c1-29(2,19-7-5-17(6-8-19)26-31-22(15-39-26)16-3-4-16)33-28(38)30-20-9-10-21-18(13-20)14-34(27(21)37)23-11-12-24(35)32-25(23)36/h5-10,13,15-16,23H,3-4,11-12,14H2,1-2H3,(H2,30,33,38)(H,32,35,36). The van der Waals surface area contributed by atoms with E-state index in [1.54, 1.807) is 29.5 Å². The molecule has 3 heterocycles. The maximum atomic E-state index is 12.9. The maximum Gasteiger partial charge on any atom is 0.319 e. The van der Waals surface area contributed by atoms with E-state index in [-0.39, 0.29) is 30.8 Å². The molecule has 6 rings (SSSR count). The fourth-order valence-electron chi connectivity index (χ4n) is 5.19. The van der Waals surface area contributed by atoms with Crippen LogP contribution in [0.1, 0.15) is 72.6 Å². The Labute approximate surface area is 230 Å². The third-order valence-electron chi connectivity index (χ3n) is 7.58. The van der Waals surface area contributed by atoms with Crippen LogP contribution in [0.2, 0.25) is 0 Å². The van der Waals surface area contributed by atoms with Crippen LogP contribution in [-0.4, -0.2) is 39.7 Å². The van der Waals surface area contributed by atoms with Gasteiger partial charge in [0.1, 0.15) is 11.0 Å². The van der Waals surface area contributed by atoms with Gasteiger partial charge in [-0.1, -0.05) is 24.3 Å². The lowest BCUT2D eigenvalue weighted by atomic mass is 9.93. The third-order valence-corrected chi connectivity index (χ3v) is 8.49. The van der Waals surface area contributed by atoms with Gasteiger partial charge in [-0.05, 0) is 62.4 Å². The van der Waals surface area contributed by atoms with Crippen molar-refractivity contribution in [3.8, 4) is 10.6 Å². The minimum absolute atomic E-state index is 0.203. The third kappa shape index (κ3) is 5.04. The van der Waals surface area contributed by atoms with Gasteiger partial charge in [0.25, 0.3) is 5.91 Å². The van der Waals surface area contributed by atoms with E-state index in [1.807, 2.05) is 38.1 Å². The van der Waals surface area contributed by atoms with Crippen LogP contribution in [0.15, 0.2) is 47.8 Å². The highest BCUT2D eigenvalue weighted by Gasteiger charge is 2.39. The molecule has 1 saturated heterocycles. The topological polar surface area (TPSA) is 120 Å². The van der Waals surface area contributed by atoms with Gasteiger partial charge in [0, 0.05) is 41.1 Å². The number of hydrogen-bond acceptors (Lipinski definition) is 6. The smallest absolute Gasteiger partial charge is 0.319 e. The maximum absolute atomic E-state index is 12.9. The van der Waals surface area contributed by atoms with Crippen molar-refractivity contribution < 1.29 is 19.2 Å². The summed E-state index contributed by atoms with van der Waals surface area (Å²) in [5, 5.41) is 11.4. The zero-order valence-electron chi connectivity index (χ0n) is 21.7. The number of piperidine rings is 1. The average molecular weight is 544 g/mol. The molecule has 200 valence electrons. The second kappa shape index (κ2) is 9.60. The second-order valence-corrected chi connectivity index (χ2v) is 11.8. The van der Waals surface area contributed by atoms with E-state index in [0.29, 0.717) is 23.6 Å². The summed E-state index contributed by atoms with van der Waals surface area (Å²) in [5.41, 5.74) is 4.34. The van der Waals surface area contributed by atoms with Gasteiger partial charge < -0.3 is 15.5 Å². The Kier molecular flexibility index (Phi) is 6.22. The van der Waals surface area contributed by atoms with Gasteiger partial charge in [0.15, 0.2) is 0 Å². The van der Waals surface area contributed by atoms with Crippen LogP contribution in [-0.2, 0) is 21.7 Å². The Bertz CT molecular complexity index is 1490. The number of carbonyl (C=O) groups excluding carboxylic acids is 4. The van der Waals surface area contributed by atoms with E-state index in [1.165, 1.54) is 23.4 Å². The number of aromatic nitrogens is 1. The first-order chi connectivity index (χ1) is 18.7. The lowest BCUT2D eigenvalue weighted by molar-refractivity contribution is -0.136. The van der Waals surface area contributed by atoms with E-state index in [0.717, 1.165) is 21.7 Å². The van der Waals surface area contributed by atoms with Crippen molar-refractivity contribution in [2.75, 3.05) is 5.32 Å². The molecule has 1 atom stereocenters. The summed E-state index contributed by atoms with van der Waals surface area (Å²) < 4.78 is 0. The Hall–Kier alpha value is -4.05. The second-order valence-electron chi connectivity index (χ2n) is 10.9. The van der Waals surface area contributed by atoms with Crippen LogP contribution in [0.3, 0.4) is 0 Å². The van der Waals surface area contributed by atoms with E-state index >= 15 is 0 Å².